The minimum absolute atomic E-state index is 0.137. The number of benzene rings is 2. The van der Waals surface area contributed by atoms with Crippen molar-refractivity contribution in [3.05, 3.63) is 77.4 Å². The number of rotatable bonds is 4. The molecule has 0 unspecified atom stereocenters. The van der Waals surface area contributed by atoms with E-state index in [2.05, 4.69) is 68.2 Å². The van der Waals surface area contributed by atoms with Gasteiger partial charge < -0.3 is 10.2 Å². The first kappa shape index (κ1) is 23.2. The van der Waals surface area contributed by atoms with Gasteiger partial charge in [-0.15, -0.1) is 0 Å². The van der Waals surface area contributed by atoms with Gasteiger partial charge in [0.05, 0.1) is 5.69 Å². The van der Waals surface area contributed by atoms with E-state index in [0.717, 1.165) is 5.57 Å². The summed E-state index contributed by atoms with van der Waals surface area (Å²) in [5, 5.41) is 17.6. The van der Waals surface area contributed by atoms with Crippen molar-refractivity contribution < 1.29 is 15.0 Å². The Morgan fingerprint density at radius 2 is 1.73 bits per heavy atom. The summed E-state index contributed by atoms with van der Waals surface area (Å²) in [5.74, 6) is -1.46. The van der Waals surface area contributed by atoms with Crippen molar-refractivity contribution in [3.8, 4) is 5.75 Å². The lowest BCUT2D eigenvalue weighted by Crippen LogP contribution is -1.95. The number of nitrogens with zero attached hydrogens (tertiary/aromatic N) is 1. The third kappa shape index (κ3) is 8.89. The lowest BCUT2D eigenvalue weighted by molar-refractivity contribution is 0.0694. The molecule has 26 heavy (non-hydrogen) atoms. The molecular formula is C21H25NO3S. The highest BCUT2D eigenvalue weighted by molar-refractivity contribution is 7.79. The molecule has 4 nitrogen and oxygen atoms in total. The molecule has 0 atom stereocenters. The summed E-state index contributed by atoms with van der Waals surface area (Å²) >= 11 is 3.53. The molecule has 0 aliphatic rings. The Hall–Kier alpha value is -2.79. The molecule has 0 heterocycles. The summed E-state index contributed by atoms with van der Waals surface area (Å²) in [6.45, 7) is 11.1. The van der Waals surface area contributed by atoms with Crippen LogP contribution in [-0.4, -0.2) is 29.2 Å². The van der Waals surface area contributed by atoms with Crippen LogP contribution in [0.15, 0.2) is 65.7 Å². The fourth-order valence-electron chi connectivity index (χ4n) is 1.72. The monoisotopic (exact) mass is 371 g/mol. The van der Waals surface area contributed by atoms with Gasteiger partial charge in [0.2, 0.25) is 0 Å². The number of aromatic carboxylic acids is 1. The Labute approximate surface area is 160 Å². The fraction of sp³-hybridized carbons (Fsp3) is 0.143. The SMILES string of the molecule is C=C(C)/C=C/c1ccc(C)cc1.C=Nc1ccc(C(=O)O)c(O)c1.CS. The van der Waals surface area contributed by atoms with Crippen molar-refractivity contribution in [3.63, 3.8) is 0 Å². The van der Waals surface area contributed by atoms with Crippen LogP contribution < -0.4 is 0 Å². The van der Waals surface area contributed by atoms with E-state index in [4.69, 9.17) is 10.2 Å². The minimum Gasteiger partial charge on any atom is -0.507 e. The van der Waals surface area contributed by atoms with Gasteiger partial charge in [0.25, 0.3) is 0 Å². The topological polar surface area (TPSA) is 69.9 Å². The lowest BCUT2D eigenvalue weighted by atomic mass is 10.1. The van der Waals surface area contributed by atoms with Crippen molar-refractivity contribution in [2.75, 3.05) is 6.26 Å². The van der Waals surface area contributed by atoms with Gasteiger partial charge in [0, 0.05) is 6.07 Å². The van der Waals surface area contributed by atoms with Crippen LogP contribution in [0.4, 0.5) is 5.69 Å². The number of thiol groups is 1. The van der Waals surface area contributed by atoms with Crippen molar-refractivity contribution in [2.45, 2.75) is 13.8 Å². The molecule has 5 heteroatoms. The number of carboxylic acid groups (broad SMARTS) is 1. The van der Waals surface area contributed by atoms with Crippen LogP contribution in [-0.2, 0) is 0 Å². The molecule has 0 fully saturated rings. The maximum Gasteiger partial charge on any atom is 0.339 e. The van der Waals surface area contributed by atoms with Gasteiger partial charge in [-0.25, -0.2) is 4.79 Å². The van der Waals surface area contributed by atoms with Gasteiger partial charge >= 0.3 is 5.97 Å². The van der Waals surface area contributed by atoms with Gasteiger partial charge in [-0.05, 0) is 44.5 Å². The van der Waals surface area contributed by atoms with Crippen molar-refractivity contribution in [1.82, 2.24) is 0 Å². The zero-order chi connectivity index (χ0) is 20.1. The molecule has 0 saturated carbocycles. The number of aryl methyl sites for hydroxylation is 1. The summed E-state index contributed by atoms with van der Waals surface area (Å²) in [7, 11) is 0. The molecular weight excluding hydrogens is 346 g/mol. The molecule has 0 radical (unpaired) electrons. The highest BCUT2D eigenvalue weighted by Crippen LogP contribution is 2.23. The Kier molecular flexibility index (Phi) is 11.2. The fourth-order valence-corrected chi connectivity index (χ4v) is 1.72. The molecule has 2 aromatic rings. The van der Waals surface area contributed by atoms with E-state index in [-0.39, 0.29) is 11.3 Å². The van der Waals surface area contributed by atoms with Crippen LogP contribution in [0.1, 0.15) is 28.4 Å². The van der Waals surface area contributed by atoms with Gasteiger partial charge in [0.15, 0.2) is 0 Å². The van der Waals surface area contributed by atoms with Crippen LogP contribution in [0.5, 0.6) is 5.75 Å². The van der Waals surface area contributed by atoms with Crippen LogP contribution in [0.3, 0.4) is 0 Å². The average molecular weight is 372 g/mol. The summed E-state index contributed by atoms with van der Waals surface area (Å²) in [5.41, 5.74) is 3.90. The molecule has 2 aromatic carbocycles. The smallest absolute Gasteiger partial charge is 0.339 e. The maximum absolute atomic E-state index is 10.4. The Balaban J connectivity index is 0.000000439. The van der Waals surface area contributed by atoms with E-state index in [1.54, 1.807) is 6.26 Å². The van der Waals surface area contributed by atoms with Crippen molar-refractivity contribution in [2.24, 2.45) is 4.99 Å². The predicted molar refractivity (Wildman–Crippen MR) is 114 cm³/mol. The van der Waals surface area contributed by atoms with E-state index in [1.165, 1.54) is 29.3 Å². The van der Waals surface area contributed by atoms with E-state index < -0.39 is 5.97 Å². The first-order valence-electron chi connectivity index (χ1n) is 7.71. The third-order valence-electron chi connectivity index (χ3n) is 3.03. The number of carbonyl (C=O) groups is 1. The van der Waals surface area contributed by atoms with E-state index in [9.17, 15) is 4.79 Å². The van der Waals surface area contributed by atoms with Crippen LogP contribution in [0.2, 0.25) is 0 Å². The van der Waals surface area contributed by atoms with E-state index in [0.29, 0.717) is 5.69 Å². The molecule has 0 saturated heterocycles. The number of hydrogen-bond acceptors (Lipinski definition) is 4. The number of aromatic hydroxyl groups is 1. The van der Waals surface area contributed by atoms with Crippen LogP contribution in [0, 0.1) is 6.92 Å². The molecule has 2 N–H and O–H groups in total. The summed E-state index contributed by atoms with van der Waals surface area (Å²) in [4.78, 5) is 13.9. The van der Waals surface area contributed by atoms with Crippen molar-refractivity contribution >= 4 is 37.1 Å². The highest BCUT2D eigenvalue weighted by atomic mass is 32.1. The summed E-state index contributed by atoms with van der Waals surface area (Å²) in [6.07, 6.45) is 5.78. The molecule has 0 aliphatic heterocycles. The third-order valence-corrected chi connectivity index (χ3v) is 3.03. The average Bonchev–Trinajstić information content (AvgIpc) is 2.63. The van der Waals surface area contributed by atoms with Gasteiger partial charge in [0.1, 0.15) is 11.3 Å². The Bertz CT molecular complexity index is 765. The largest absolute Gasteiger partial charge is 0.507 e. The number of aliphatic imine (C=N–C) groups is 1. The second-order valence-corrected chi connectivity index (χ2v) is 5.26. The van der Waals surface area contributed by atoms with Crippen LogP contribution in [0.25, 0.3) is 6.08 Å². The lowest BCUT2D eigenvalue weighted by Gasteiger charge is -1.98. The maximum atomic E-state index is 10.4. The Morgan fingerprint density at radius 3 is 2.15 bits per heavy atom. The number of allylic oxidation sites excluding steroid dienone is 2. The second-order valence-electron chi connectivity index (χ2n) is 5.26. The van der Waals surface area contributed by atoms with Gasteiger partial charge in [-0.1, -0.05) is 54.1 Å². The number of phenols is 1. The van der Waals surface area contributed by atoms with Gasteiger partial charge in [-0.3, -0.25) is 4.99 Å². The standard InChI is InChI=1S/C12H14.C8H7NO3.CH4S/c1-10(2)4-7-12-8-5-11(3)6-9-12;1-9-5-2-3-6(8(11)12)7(10)4-5;1-2/h4-9H,1H2,2-3H3;2-4,10H,1H2,(H,11,12);2H,1H3/b7-4+;;. The molecule has 0 spiro atoms. The minimum atomic E-state index is -1.16. The predicted octanol–water partition coefficient (Wildman–Crippen LogP) is 5.55. The molecule has 138 valence electrons. The van der Waals surface area contributed by atoms with Crippen LogP contribution >= 0.6 is 12.6 Å². The first-order valence-corrected chi connectivity index (χ1v) is 8.61. The first-order chi connectivity index (χ1) is 12.3. The number of hydrogen-bond donors (Lipinski definition) is 3. The van der Waals surface area contributed by atoms with E-state index >= 15 is 0 Å². The number of carboxylic acids is 1. The van der Waals surface area contributed by atoms with E-state index in [1.807, 2.05) is 13.0 Å². The second kappa shape index (κ2) is 12.6. The highest BCUT2D eigenvalue weighted by Gasteiger charge is 2.08. The Morgan fingerprint density at radius 1 is 1.15 bits per heavy atom. The summed E-state index contributed by atoms with van der Waals surface area (Å²) in [6, 6.07) is 12.4. The van der Waals surface area contributed by atoms with Gasteiger partial charge in [-0.2, -0.15) is 12.6 Å². The summed E-state index contributed by atoms with van der Waals surface area (Å²) < 4.78 is 0. The quantitative estimate of drug-likeness (QED) is 0.375. The zero-order valence-electron chi connectivity index (χ0n) is 15.3. The molecule has 2 rings (SSSR count). The molecule has 0 aromatic heterocycles. The molecule has 0 bridgehead atoms. The zero-order valence-corrected chi connectivity index (χ0v) is 16.2. The molecule has 0 aliphatic carbocycles. The van der Waals surface area contributed by atoms with Crippen molar-refractivity contribution in [1.29, 1.82) is 0 Å². The normalized spacial score (nSPS) is 9.38. The molecule has 0 amide bonds.